The SMILES string of the molecule is C=Cc1c(/C=C\C)n(-c2ccc3ccc4cccc5ccc2c3c45)c2ccc3c(c4ccccc4n3-c3ccccc3)c12. The van der Waals surface area contributed by atoms with Gasteiger partial charge in [-0.3, -0.25) is 0 Å². The molecule has 2 aromatic heterocycles. The number of hydrogen-bond donors (Lipinski definition) is 0. The van der Waals surface area contributed by atoms with E-state index in [1.165, 1.54) is 70.7 Å². The average molecular weight is 549 g/mol. The van der Waals surface area contributed by atoms with Crippen LogP contribution in [-0.2, 0) is 0 Å². The summed E-state index contributed by atoms with van der Waals surface area (Å²) in [6.45, 7) is 6.45. The van der Waals surface area contributed by atoms with Gasteiger partial charge in [0.2, 0.25) is 0 Å². The Kier molecular flexibility index (Phi) is 5.00. The number of fused-ring (bicyclic) bond motifs is 5. The summed E-state index contributed by atoms with van der Waals surface area (Å²) in [6, 6.07) is 44.3. The molecule has 0 radical (unpaired) electrons. The number of rotatable bonds is 4. The van der Waals surface area contributed by atoms with Gasteiger partial charge in [-0.25, -0.2) is 0 Å². The number of nitrogens with zero attached hydrogens (tertiary/aromatic N) is 2. The van der Waals surface area contributed by atoms with Crippen LogP contribution in [0.4, 0.5) is 0 Å². The lowest BCUT2D eigenvalue weighted by Gasteiger charge is -2.17. The first-order valence-electron chi connectivity index (χ1n) is 14.9. The van der Waals surface area contributed by atoms with E-state index in [0.29, 0.717) is 0 Å². The maximum atomic E-state index is 4.36. The second-order valence-electron chi connectivity index (χ2n) is 11.3. The lowest BCUT2D eigenvalue weighted by atomic mass is 9.93. The lowest BCUT2D eigenvalue weighted by molar-refractivity contribution is 1.12. The smallest absolute Gasteiger partial charge is 0.0549 e. The summed E-state index contributed by atoms with van der Waals surface area (Å²) in [4.78, 5) is 0. The van der Waals surface area contributed by atoms with Crippen molar-refractivity contribution in [2.24, 2.45) is 0 Å². The summed E-state index contributed by atoms with van der Waals surface area (Å²) in [5, 5.41) is 11.5. The van der Waals surface area contributed by atoms with Crippen molar-refractivity contribution in [3.8, 4) is 11.4 Å². The maximum Gasteiger partial charge on any atom is 0.0549 e. The minimum atomic E-state index is 1.14. The quantitative estimate of drug-likeness (QED) is 0.194. The van der Waals surface area contributed by atoms with Gasteiger partial charge in [0, 0.05) is 32.8 Å². The molecule has 0 unspecified atom stereocenters. The zero-order chi connectivity index (χ0) is 28.7. The van der Waals surface area contributed by atoms with Crippen LogP contribution in [0.1, 0.15) is 18.2 Å². The third kappa shape index (κ3) is 3.18. The summed E-state index contributed by atoms with van der Waals surface area (Å²) >= 11 is 0. The number of benzene rings is 7. The molecule has 0 amide bonds. The monoisotopic (exact) mass is 548 g/mol. The van der Waals surface area contributed by atoms with Gasteiger partial charge in [0.25, 0.3) is 0 Å². The van der Waals surface area contributed by atoms with Gasteiger partial charge >= 0.3 is 0 Å². The molecular formula is C41H28N2. The molecule has 7 aromatic carbocycles. The summed E-state index contributed by atoms with van der Waals surface area (Å²) in [5.41, 5.74) is 8.22. The fourth-order valence-corrected chi connectivity index (χ4v) is 7.45. The van der Waals surface area contributed by atoms with Gasteiger partial charge in [-0.2, -0.15) is 0 Å². The Morgan fingerprint density at radius 1 is 0.512 bits per heavy atom. The first kappa shape index (κ1) is 24.0. The molecule has 0 saturated heterocycles. The van der Waals surface area contributed by atoms with Gasteiger partial charge in [0.05, 0.1) is 27.9 Å². The summed E-state index contributed by atoms with van der Waals surface area (Å²) in [5.74, 6) is 0. The number of hydrogen-bond acceptors (Lipinski definition) is 0. The van der Waals surface area contributed by atoms with Crippen molar-refractivity contribution in [3.05, 3.63) is 145 Å². The third-order valence-corrected chi connectivity index (χ3v) is 9.13. The standard InChI is InChI=1S/C41H28N2/c1-3-11-33-30(4-2)40-37(25-24-36-41(40)31-16-8-9-17-34(31)42(36)29-14-6-5-7-15-29)43(33)35-23-21-28-19-18-26-12-10-13-27-20-22-32(35)39(28)38(26)27/h3-25H,2H2,1H3/b11-3-. The Morgan fingerprint density at radius 3 is 1.95 bits per heavy atom. The van der Waals surface area contributed by atoms with E-state index < -0.39 is 0 Å². The first-order valence-corrected chi connectivity index (χ1v) is 14.9. The second-order valence-corrected chi connectivity index (χ2v) is 11.3. The van der Waals surface area contributed by atoms with Gasteiger partial charge < -0.3 is 9.13 Å². The zero-order valence-electron chi connectivity index (χ0n) is 23.9. The predicted molar refractivity (Wildman–Crippen MR) is 186 cm³/mol. The molecule has 0 bridgehead atoms. The van der Waals surface area contributed by atoms with Crippen molar-refractivity contribution < 1.29 is 0 Å². The Labute approximate surface area is 249 Å². The Bertz CT molecular complexity index is 2560. The minimum absolute atomic E-state index is 1.14. The van der Waals surface area contributed by atoms with E-state index in [0.717, 1.165) is 16.9 Å². The van der Waals surface area contributed by atoms with Gasteiger partial charge in [-0.15, -0.1) is 0 Å². The van der Waals surface area contributed by atoms with Crippen LogP contribution in [0.15, 0.2) is 134 Å². The minimum Gasteiger partial charge on any atom is -0.309 e. The molecule has 0 atom stereocenters. The maximum absolute atomic E-state index is 4.36. The third-order valence-electron chi connectivity index (χ3n) is 9.13. The van der Waals surface area contributed by atoms with Crippen molar-refractivity contribution in [1.82, 2.24) is 9.13 Å². The highest BCUT2D eigenvalue weighted by Gasteiger charge is 2.23. The molecule has 2 heterocycles. The van der Waals surface area contributed by atoms with E-state index in [-0.39, 0.29) is 0 Å². The molecule has 0 spiro atoms. The fraction of sp³-hybridized carbons (Fsp3) is 0.0244. The Morgan fingerprint density at radius 2 is 1.19 bits per heavy atom. The van der Waals surface area contributed by atoms with Crippen molar-refractivity contribution >= 4 is 77.2 Å². The van der Waals surface area contributed by atoms with E-state index >= 15 is 0 Å². The van der Waals surface area contributed by atoms with Gasteiger partial charge in [-0.05, 0) is 76.3 Å². The summed E-state index contributed by atoms with van der Waals surface area (Å²) in [7, 11) is 0. The molecule has 202 valence electrons. The lowest BCUT2D eigenvalue weighted by Crippen LogP contribution is -1.99. The fourth-order valence-electron chi connectivity index (χ4n) is 7.45. The molecule has 9 rings (SSSR count). The normalized spacial score (nSPS) is 12.3. The molecule has 0 saturated carbocycles. The van der Waals surface area contributed by atoms with E-state index in [9.17, 15) is 0 Å². The molecule has 9 aromatic rings. The Hall–Kier alpha value is -5.60. The van der Waals surface area contributed by atoms with Crippen LogP contribution in [-0.4, -0.2) is 9.13 Å². The van der Waals surface area contributed by atoms with Crippen LogP contribution in [0.25, 0.3) is 88.6 Å². The highest BCUT2D eigenvalue weighted by molar-refractivity contribution is 6.26. The topological polar surface area (TPSA) is 9.86 Å². The number of aromatic nitrogens is 2. The van der Waals surface area contributed by atoms with E-state index in [1.807, 2.05) is 6.08 Å². The molecule has 2 nitrogen and oxygen atoms in total. The molecule has 0 aliphatic heterocycles. The average Bonchev–Trinajstić information content (AvgIpc) is 3.56. The molecule has 43 heavy (non-hydrogen) atoms. The number of allylic oxidation sites excluding steroid dienone is 1. The van der Waals surface area contributed by atoms with E-state index in [4.69, 9.17) is 0 Å². The highest BCUT2D eigenvalue weighted by atomic mass is 15.0. The zero-order valence-corrected chi connectivity index (χ0v) is 23.9. The molecule has 0 aliphatic rings. The van der Waals surface area contributed by atoms with Gasteiger partial charge in [-0.1, -0.05) is 104 Å². The molecule has 2 heteroatoms. The van der Waals surface area contributed by atoms with Crippen molar-refractivity contribution in [3.63, 3.8) is 0 Å². The van der Waals surface area contributed by atoms with Crippen molar-refractivity contribution in [2.75, 3.05) is 0 Å². The predicted octanol–water partition coefficient (Wildman–Crippen LogP) is 11.3. The van der Waals surface area contributed by atoms with Crippen molar-refractivity contribution in [1.29, 1.82) is 0 Å². The van der Waals surface area contributed by atoms with Gasteiger partial charge in [0.1, 0.15) is 0 Å². The van der Waals surface area contributed by atoms with E-state index in [1.54, 1.807) is 0 Å². The van der Waals surface area contributed by atoms with Crippen LogP contribution in [0.2, 0.25) is 0 Å². The van der Waals surface area contributed by atoms with Crippen LogP contribution >= 0.6 is 0 Å². The first-order chi connectivity index (χ1) is 21.3. The molecule has 0 fully saturated rings. The molecule has 0 N–H and O–H groups in total. The molecule has 0 aliphatic carbocycles. The highest BCUT2D eigenvalue weighted by Crippen LogP contribution is 2.44. The largest absolute Gasteiger partial charge is 0.309 e. The van der Waals surface area contributed by atoms with E-state index in [2.05, 4.69) is 156 Å². The second kappa shape index (κ2) is 8.95. The van der Waals surface area contributed by atoms with Crippen molar-refractivity contribution in [2.45, 2.75) is 6.92 Å². The Balaban J connectivity index is 1.48. The van der Waals surface area contributed by atoms with Crippen LogP contribution in [0, 0.1) is 0 Å². The van der Waals surface area contributed by atoms with Crippen LogP contribution in [0.5, 0.6) is 0 Å². The summed E-state index contributed by atoms with van der Waals surface area (Å²) < 4.78 is 4.84. The van der Waals surface area contributed by atoms with Gasteiger partial charge in [0.15, 0.2) is 0 Å². The van der Waals surface area contributed by atoms with Crippen LogP contribution < -0.4 is 0 Å². The molecular weight excluding hydrogens is 520 g/mol. The summed E-state index contributed by atoms with van der Waals surface area (Å²) in [6.07, 6.45) is 6.41. The number of para-hydroxylation sites is 2. The van der Waals surface area contributed by atoms with Crippen LogP contribution in [0.3, 0.4) is 0 Å².